The van der Waals surface area contributed by atoms with Gasteiger partial charge in [0, 0.05) is 19.6 Å². The van der Waals surface area contributed by atoms with Gasteiger partial charge in [-0.15, -0.1) is 0 Å². The minimum Gasteiger partial charge on any atom is -0.288 e. The van der Waals surface area contributed by atoms with Crippen LogP contribution >= 0.6 is 11.8 Å². The van der Waals surface area contributed by atoms with Crippen molar-refractivity contribution in [3.05, 3.63) is 0 Å². The molecule has 0 saturated carbocycles. The van der Waals surface area contributed by atoms with Crippen molar-refractivity contribution in [1.82, 2.24) is 0 Å². The van der Waals surface area contributed by atoms with Crippen molar-refractivity contribution >= 4 is 16.9 Å². The van der Waals surface area contributed by atoms with Crippen LogP contribution in [-0.4, -0.2) is 28.9 Å². The van der Waals surface area contributed by atoms with Gasteiger partial charge < -0.3 is 0 Å². The highest BCUT2D eigenvalue weighted by atomic mass is 32.2. The molecule has 1 unspecified atom stereocenters. The van der Waals surface area contributed by atoms with Crippen molar-refractivity contribution in [2.45, 2.75) is 44.7 Å². The molecule has 1 atom stereocenters. The lowest BCUT2D eigenvalue weighted by atomic mass is 10.0. The van der Waals surface area contributed by atoms with Crippen LogP contribution in [-0.2, 0) is 4.79 Å². The zero-order chi connectivity index (χ0) is 13.0. The summed E-state index contributed by atoms with van der Waals surface area (Å²) in [5.41, 5.74) is 0. The second-order valence-corrected chi connectivity index (χ2v) is 4.73. The van der Waals surface area contributed by atoms with E-state index in [9.17, 15) is 26.7 Å². The predicted molar refractivity (Wildman–Crippen MR) is 52.8 cm³/mol. The standard InChI is InChI=1S/C9H13F5OS/c1-6(15)16-5-3-4-7(10)9(13,14)8(2,11)12/h7H,3-5H2,1-2H3. The van der Waals surface area contributed by atoms with Gasteiger partial charge in [0.25, 0.3) is 0 Å². The number of hydrogen-bond acceptors (Lipinski definition) is 2. The monoisotopic (exact) mass is 264 g/mol. The van der Waals surface area contributed by atoms with E-state index < -0.39 is 24.4 Å². The fourth-order valence-electron chi connectivity index (χ4n) is 0.935. The fraction of sp³-hybridized carbons (Fsp3) is 0.889. The molecule has 0 bridgehead atoms. The third kappa shape index (κ3) is 4.67. The number of halogens is 5. The van der Waals surface area contributed by atoms with Crippen LogP contribution in [0.15, 0.2) is 0 Å². The quantitative estimate of drug-likeness (QED) is 0.538. The minimum absolute atomic E-state index is 0.0100. The first-order chi connectivity index (χ1) is 7.09. The Kier molecular flexibility index (Phi) is 5.72. The molecule has 0 fully saturated rings. The molecule has 16 heavy (non-hydrogen) atoms. The van der Waals surface area contributed by atoms with Gasteiger partial charge in [-0.05, 0) is 12.8 Å². The summed E-state index contributed by atoms with van der Waals surface area (Å²) in [4.78, 5) is 10.4. The number of carbonyl (C=O) groups is 1. The average Bonchev–Trinajstić information content (AvgIpc) is 2.09. The highest BCUT2D eigenvalue weighted by molar-refractivity contribution is 8.13. The van der Waals surface area contributed by atoms with Crippen molar-refractivity contribution < 1.29 is 26.7 Å². The number of alkyl halides is 5. The van der Waals surface area contributed by atoms with E-state index in [1.54, 1.807) is 0 Å². The normalized spacial score (nSPS) is 14.9. The van der Waals surface area contributed by atoms with Crippen LogP contribution in [0.1, 0.15) is 26.7 Å². The topological polar surface area (TPSA) is 17.1 Å². The van der Waals surface area contributed by atoms with Gasteiger partial charge in [0.2, 0.25) is 0 Å². The van der Waals surface area contributed by atoms with Crippen LogP contribution in [0, 0.1) is 0 Å². The second kappa shape index (κ2) is 5.84. The molecule has 96 valence electrons. The summed E-state index contributed by atoms with van der Waals surface area (Å²) in [7, 11) is 0. The van der Waals surface area contributed by atoms with Crippen molar-refractivity contribution in [1.29, 1.82) is 0 Å². The molecule has 0 heterocycles. The molecule has 0 aromatic rings. The summed E-state index contributed by atoms with van der Waals surface area (Å²) in [6, 6.07) is 0. The Balaban J connectivity index is 4.06. The molecule has 0 amide bonds. The first kappa shape index (κ1) is 15.7. The Labute approximate surface area is 94.8 Å². The van der Waals surface area contributed by atoms with Crippen LogP contribution in [0.4, 0.5) is 22.0 Å². The Hall–Kier alpha value is -0.330. The van der Waals surface area contributed by atoms with E-state index in [1.807, 2.05) is 0 Å². The van der Waals surface area contributed by atoms with Gasteiger partial charge in [-0.1, -0.05) is 11.8 Å². The zero-order valence-corrected chi connectivity index (χ0v) is 9.72. The first-order valence-electron chi connectivity index (χ1n) is 4.62. The molecule has 0 spiro atoms. The SMILES string of the molecule is CC(=O)SCCCC(F)C(F)(F)C(C)(F)F. The summed E-state index contributed by atoms with van der Waals surface area (Å²) in [6.45, 7) is 1.27. The molecular formula is C9H13F5OS. The zero-order valence-electron chi connectivity index (χ0n) is 8.90. The number of carbonyl (C=O) groups excluding carboxylic acids is 1. The number of thioether (sulfide) groups is 1. The van der Waals surface area contributed by atoms with E-state index in [2.05, 4.69) is 0 Å². The fourth-order valence-corrected chi connectivity index (χ4v) is 1.53. The van der Waals surface area contributed by atoms with Gasteiger partial charge in [0.05, 0.1) is 0 Å². The summed E-state index contributed by atoms with van der Waals surface area (Å²) in [5.74, 6) is -8.88. The highest BCUT2D eigenvalue weighted by Crippen LogP contribution is 2.39. The summed E-state index contributed by atoms with van der Waals surface area (Å²) in [5, 5.41) is -0.219. The maximum atomic E-state index is 12.9. The number of rotatable bonds is 6. The molecule has 0 aromatic carbocycles. The summed E-state index contributed by atoms with van der Waals surface area (Å²) >= 11 is 0.853. The van der Waals surface area contributed by atoms with E-state index in [-0.39, 0.29) is 24.2 Å². The summed E-state index contributed by atoms with van der Waals surface area (Å²) in [6.07, 6.45) is -3.62. The lowest BCUT2D eigenvalue weighted by Gasteiger charge is -2.26. The molecular weight excluding hydrogens is 251 g/mol. The smallest absolute Gasteiger partial charge is 0.288 e. The molecule has 0 aliphatic heterocycles. The highest BCUT2D eigenvalue weighted by Gasteiger charge is 2.58. The third-order valence-corrected chi connectivity index (χ3v) is 2.79. The Morgan fingerprint density at radius 1 is 1.31 bits per heavy atom. The Morgan fingerprint density at radius 3 is 2.19 bits per heavy atom. The van der Waals surface area contributed by atoms with Gasteiger partial charge in [-0.3, -0.25) is 4.79 Å². The van der Waals surface area contributed by atoms with E-state index in [0.717, 1.165) is 11.8 Å². The van der Waals surface area contributed by atoms with Crippen LogP contribution in [0.5, 0.6) is 0 Å². The van der Waals surface area contributed by atoms with E-state index in [4.69, 9.17) is 0 Å². The Morgan fingerprint density at radius 2 is 1.81 bits per heavy atom. The first-order valence-corrected chi connectivity index (χ1v) is 5.60. The summed E-state index contributed by atoms with van der Waals surface area (Å²) < 4.78 is 63.0. The molecule has 0 aliphatic rings. The number of hydrogen-bond donors (Lipinski definition) is 0. The molecule has 0 rings (SSSR count). The van der Waals surface area contributed by atoms with Crippen molar-refractivity contribution in [2.24, 2.45) is 0 Å². The third-order valence-electron chi connectivity index (χ3n) is 1.89. The van der Waals surface area contributed by atoms with Crippen LogP contribution in [0.2, 0.25) is 0 Å². The molecule has 0 radical (unpaired) electrons. The lowest BCUT2D eigenvalue weighted by molar-refractivity contribution is -0.230. The molecule has 0 aromatic heterocycles. The van der Waals surface area contributed by atoms with Crippen LogP contribution < -0.4 is 0 Å². The molecule has 0 saturated heterocycles. The van der Waals surface area contributed by atoms with Gasteiger partial charge in [0.1, 0.15) is 0 Å². The maximum absolute atomic E-state index is 12.9. The second-order valence-electron chi connectivity index (χ2n) is 3.46. The average molecular weight is 264 g/mol. The maximum Gasteiger partial charge on any atom is 0.340 e. The molecule has 1 nitrogen and oxygen atoms in total. The largest absolute Gasteiger partial charge is 0.340 e. The van der Waals surface area contributed by atoms with E-state index in [1.165, 1.54) is 6.92 Å². The minimum atomic E-state index is -4.66. The molecule has 0 aliphatic carbocycles. The van der Waals surface area contributed by atoms with Gasteiger partial charge in [-0.25, -0.2) is 13.2 Å². The van der Waals surface area contributed by atoms with Crippen molar-refractivity contribution in [3.8, 4) is 0 Å². The van der Waals surface area contributed by atoms with Gasteiger partial charge in [-0.2, -0.15) is 8.78 Å². The van der Waals surface area contributed by atoms with Crippen molar-refractivity contribution in [3.63, 3.8) is 0 Å². The van der Waals surface area contributed by atoms with E-state index >= 15 is 0 Å². The van der Waals surface area contributed by atoms with Gasteiger partial charge >= 0.3 is 11.8 Å². The van der Waals surface area contributed by atoms with Gasteiger partial charge in [0.15, 0.2) is 11.3 Å². The Bertz CT molecular complexity index is 239. The molecule has 7 heteroatoms. The lowest BCUT2D eigenvalue weighted by Crippen LogP contribution is -2.45. The van der Waals surface area contributed by atoms with Crippen molar-refractivity contribution in [2.75, 3.05) is 5.75 Å². The van der Waals surface area contributed by atoms with Crippen LogP contribution in [0.25, 0.3) is 0 Å². The van der Waals surface area contributed by atoms with E-state index in [0.29, 0.717) is 0 Å². The predicted octanol–water partition coefficient (Wildman–Crippen LogP) is 3.67. The molecule has 0 N–H and O–H groups in total. The van der Waals surface area contributed by atoms with Crippen LogP contribution in [0.3, 0.4) is 0 Å².